The van der Waals surface area contributed by atoms with Gasteiger partial charge in [-0.05, 0) is 35.1 Å². The van der Waals surface area contributed by atoms with Gasteiger partial charge in [-0.25, -0.2) is 0 Å². The highest BCUT2D eigenvalue weighted by molar-refractivity contribution is 6.31. The number of ether oxygens (including phenoxy) is 1. The van der Waals surface area contributed by atoms with Crippen molar-refractivity contribution in [2.45, 2.75) is 6.54 Å². The van der Waals surface area contributed by atoms with Gasteiger partial charge in [0.15, 0.2) is 0 Å². The first-order valence-electron chi connectivity index (χ1n) is 6.29. The molecule has 6 nitrogen and oxygen atoms in total. The van der Waals surface area contributed by atoms with Crippen LogP contribution in [0.5, 0.6) is 11.5 Å². The molecule has 0 aliphatic rings. The molecule has 7 heteroatoms. The second-order valence-electron chi connectivity index (χ2n) is 4.42. The molecule has 0 aliphatic heterocycles. The van der Waals surface area contributed by atoms with Gasteiger partial charge in [0.1, 0.15) is 5.75 Å². The molecule has 0 atom stereocenters. The van der Waals surface area contributed by atoms with Crippen LogP contribution in [-0.4, -0.2) is 18.2 Å². The Morgan fingerprint density at radius 3 is 2.59 bits per heavy atom. The first-order chi connectivity index (χ1) is 10.5. The summed E-state index contributed by atoms with van der Waals surface area (Å²) in [6, 6.07) is 9.67. The van der Waals surface area contributed by atoms with Crippen LogP contribution in [0.25, 0.3) is 0 Å². The molecule has 22 heavy (non-hydrogen) atoms. The maximum atomic E-state index is 11.9. The van der Waals surface area contributed by atoms with Crippen molar-refractivity contribution in [1.29, 1.82) is 0 Å². The molecule has 0 amide bonds. The number of nitrogens with zero attached hydrogens (tertiary/aromatic N) is 2. The monoisotopic (exact) mass is 319 g/mol. The summed E-state index contributed by atoms with van der Waals surface area (Å²) in [6.07, 6.45) is 1.30. The molecule has 0 unspecified atom stereocenters. The fraction of sp³-hybridized carbons (Fsp3) is 0.133. The molecule has 0 fully saturated rings. The smallest absolute Gasteiger partial charge is 0.263 e. The molecular weight excluding hydrogens is 308 g/mol. The normalized spacial score (nSPS) is 10.8. The summed E-state index contributed by atoms with van der Waals surface area (Å²) >= 11 is 5.78. The summed E-state index contributed by atoms with van der Waals surface area (Å²) in [5, 5.41) is 22.8. The Morgan fingerprint density at radius 2 is 2.00 bits per heavy atom. The lowest BCUT2D eigenvalue weighted by atomic mass is 10.2. The zero-order chi connectivity index (χ0) is 16.1. The molecule has 2 aromatic rings. The molecule has 0 saturated carbocycles. The third-order valence-corrected chi connectivity index (χ3v) is 3.14. The van der Waals surface area contributed by atoms with Gasteiger partial charge in [0, 0.05) is 17.3 Å². The average molecular weight is 320 g/mol. The van der Waals surface area contributed by atoms with Gasteiger partial charge in [-0.3, -0.25) is 15.1 Å². The van der Waals surface area contributed by atoms with Crippen molar-refractivity contribution in [3.8, 4) is 11.5 Å². The minimum Gasteiger partial charge on any atom is -0.867 e. The number of rotatable bonds is 5. The van der Waals surface area contributed by atoms with E-state index >= 15 is 0 Å². The third-order valence-electron chi connectivity index (χ3n) is 2.92. The zero-order valence-electron chi connectivity index (χ0n) is 11.7. The van der Waals surface area contributed by atoms with Crippen LogP contribution in [0.15, 0.2) is 41.4 Å². The van der Waals surface area contributed by atoms with E-state index in [4.69, 9.17) is 16.3 Å². The summed E-state index contributed by atoms with van der Waals surface area (Å²) in [6.45, 7) is 0.337. The summed E-state index contributed by atoms with van der Waals surface area (Å²) < 4.78 is 5.05. The molecular formula is C15H12ClN2O4-. The van der Waals surface area contributed by atoms with Crippen LogP contribution in [-0.2, 0) is 6.54 Å². The van der Waals surface area contributed by atoms with Gasteiger partial charge in [0.2, 0.25) is 0 Å². The topological polar surface area (TPSA) is 87.8 Å². The van der Waals surface area contributed by atoms with E-state index in [9.17, 15) is 15.2 Å². The first-order valence-corrected chi connectivity index (χ1v) is 6.66. The Kier molecular flexibility index (Phi) is 4.95. The van der Waals surface area contributed by atoms with E-state index in [2.05, 4.69) is 4.99 Å². The first kappa shape index (κ1) is 15.8. The quantitative estimate of drug-likeness (QED) is 0.481. The van der Waals surface area contributed by atoms with E-state index in [0.29, 0.717) is 6.54 Å². The number of benzene rings is 2. The van der Waals surface area contributed by atoms with Crippen molar-refractivity contribution < 1.29 is 14.8 Å². The van der Waals surface area contributed by atoms with E-state index < -0.39 is 16.4 Å². The molecule has 0 aliphatic carbocycles. The van der Waals surface area contributed by atoms with Crippen LogP contribution in [0, 0.1) is 10.1 Å². The standard InChI is InChI=1S/C15H13ClN2O4/c1-22-13-4-2-10(3-5-13)8-17-9-11-6-12(16)7-14(15(11)19)18(20)21/h2-7,9,19H,8H2,1H3/p-1. The van der Waals surface area contributed by atoms with Crippen LogP contribution in [0.1, 0.15) is 11.1 Å². The third kappa shape index (κ3) is 3.73. The lowest BCUT2D eigenvalue weighted by Crippen LogP contribution is -2.02. The highest BCUT2D eigenvalue weighted by atomic mass is 35.5. The Hall–Kier alpha value is -2.60. The van der Waals surface area contributed by atoms with E-state index in [1.807, 2.05) is 12.1 Å². The molecule has 114 valence electrons. The van der Waals surface area contributed by atoms with Crippen molar-refractivity contribution in [1.82, 2.24) is 0 Å². The largest absolute Gasteiger partial charge is 0.867 e. The predicted molar refractivity (Wildman–Crippen MR) is 81.8 cm³/mol. The lowest BCUT2D eigenvalue weighted by Gasteiger charge is -2.10. The van der Waals surface area contributed by atoms with Gasteiger partial charge >= 0.3 is 0 Å². The summed E-state index contributed by atoms with van der Waals surface area (Å²) in [5.41, 5.74) is 0.451. The maximum Gasteiger partial charge on any atom is 0.263 e. The number of methoxy groups -OCH3 is 1. The molecule has 0 N–H and O–H groups in total. The van der Waals surface area contributed by atoms with Gasteiger partial charge in [0.25, 0.3) is 5.69 Å². The van der Waals surface area contributed by atoms with Crippen LogP contribution in [0.2, 0.25) is 5.02 Å². The number of hydrogen-bond acceptors (Lipinski definition) is 5. The SMILES string of the molecule is COc1ccc(CN=Cc2cc(Cl)cc([N+](=O)[O-])c2[O-])cc1. The molecule has 2 aromatic carbocycles. The average Bonchev–Trinajstić information content (AvgIpc) is 2.50. The number of nitro benzene ring substituents is 1. The predicted octanol–water partition coefficient (Wildman–Crippen LogP) is 2.95. The summed E-state index contributed by atoms with van der Waals surface area (Å²) in [7, 11) is 1.58. The lowest BCUT2D eigenvalue weighted by molar-refractivity contribution is -0.398. The van der Waals surface area contributed by atoms with Crippen molar-refractivity contribution >= 4 is 23.5 Å². The number of halogens is 1. The van der Waals surface area contributed by atoms with Crippen LogP contribution < -0.4 is 9.84 Å². The van der Waals surface area contributed by atoms with Gasteiger partial charge in [-0.15, -0.1) is 0 Å². The van der Waals surface area contributed by atoms with E-state index in [-0.39, 0.29) is 10.6 Å². The van der Waals surface area contributed by atoms with Crippen molar-refractivity contribution in [3.05, 3.63) is 62.7 Å². The number of nitro groups is 1. The fourth-order valence-corrected chi connectivity index (χ4v) is 2.03. The van der Waals surface area contributed by atoms with Crippen molar-refractivity contribution in [3.63, 3.8) is 0 Å². The number of hydrogen-bond donors (Lipinski definition) is 0. The van der Waals surface area contributed by atoms with Crippen molar-refractivity contribution in [2.24, 2.45) is 4.99 Å². The van der Waals surface area contributed by atoms with Crippen molar-refractivity contribution in [2.75, 3.05) is 7.11 Å². The summed E-state index contributed by atoms with van der Waals surface area (Å²) in [4.78, 5) is 14.1. The highest BCUT2D eigenvalue weighted by Crippen LogP contribution is 2.30. The fourth-order valence-electron chi connectivity index (χ4n) is 1.81. The zero-order valence-corrected chi connectivity index (χ0v) is 12.4. The molecule has 0 spiro atoms. The Morgan fingerprint density at radius 1 is 1.32 bits per heavy atom. The van der Waals surface area contributed by atoms with E-state index in [1.165, 1.54) is 12.3 Å². The minimum absolute atomic E-state index is 0.0905. The minimum atomic E-state index is -0.755. The Bertz CT molecular complexity index is 714. The summed E-state index contributed by atoms with van der Waals surface area (Å²) in [5.74, 6) is 0.0351. The Labute approximate surface area is 131 Å². The van der Waals surface area contributed by atoms with Crippen LogP contribution >= 0.6 is 11.6 Å². The van der Waals surface area contributed by atoms with Gasteiger partial charge in [-0.1, -0.05) is 23.7 Å². The van der Waals surface area contributed by atoms with Crippen LogP contribution in [0.3, 0.4) is 0 Å². The number of aliphatic imine (C=N–C) groups is 1. The van der Waals surface area contributed by atoms with Gasteiger partial charge in [-0.2, -0.15) is 0 Å². The van der Waals surface area contributed by atoms with E-state index in [1.54, 1.807) is 19.2 Å². The van der Waals surface area contributed by atoms with Gasteiger partial charge < -0.3 is 9.84 Å². The van der Waals surface area contributed by atoms with Crippen LogP contribution in [0.4, 0.5) is 5.69 Å². The second kappa shape index (κ2) is 6.91. The Balaban J connectivity index is 2.17. The molecule has 0 bridgehead atoms. The highest BCUT2D eigenvalue weighted by Gasteiger charge is 2.11. The van der Waals surface area contributed by atoms with E-state index in [0.717, 1.165) is 17.4 Å². The molecule has 0 heterocycles. The molecule has 2 rings (SSSR count). The molecule has 0 aromatic heterocycles. The second-order valence-corrected chi connectivity index (χ2v) is 4.85. The van der Waals surface area contributed by atoms with Gasteiger partial charge in [0.05, 0.1) is 18.6 Å². The molecule has 0 saturated heterocycles. The molecule has 0 radical (unpaired) electrons. The maximum absolute atomic E-state index is 11.9.